The molecule has 1 aliphatic rings. The molecule has 10 aromatic carbocycles. The molecule has 66 heavy (non-hydrogen) atoms. The monoisotopic (exact) mass is 860 g/mol. The molecule has 312 valence electrons. The average Bonchev–Trinajstić information content (AvgIpc) is 4.00. The summed E-state index contributed by atoms with van der Waals surface area (Å²) in [5.41, 5.74) is 19.7. The molecule has 0 saturated carbocycles. The smallest absolute Gasteiger partial charge is 0.0640 e. The zero-order chi connectivity index (χ0) is 43.9. The fraction of sp³-hybridized carbons (Fsp3) is 0.0476. The van der Waals surface area contributed by atoms with Crippen molar-refractivity contribution < 1.29 is 0 Å². The molecule has 2 aromatic heterocycles. The molecule has 13 rings (SSSR count). The van der Waals surface area contributed by atoms with Crippen LogP contribution in [0.25, 0.3) is 92.2 Å². The quantitative estimate of drug-likeness (QED) is 0.155. The van der Waals surface area contributed by atoms with E-state index in [1.807, 2.05) is 11.3 Å². The summed E-state index contributed by atoms with van der Waals surface area (Å²) in [5.74, 6) is 0. The van der Waals surface area contributed by atoms with Gasteiger partial charge in [-0.2, -0.15) is 0 Å². The van der Waals surface area contributed by atoms with Gasteiger partial charge in [-0.3, -0.25) is 0 Å². The van der Waals surface area contributed by atoms with Crippen LogP contribution in [0.5, 0.6) is 0 Å². The van der Waals surface area contributed by atoms with Crippen molar-refractivity contribution in [2.75, 3.05) is 4.90 Å². The molecule has 1 aliphatic carbocycles. The predicted molar refractivity (Wildman–Crippen MR) is 282 cm³/mol. The van der Waals surface area contributed by atoms with Gasteiger partial charge in [0.2, 0.25) is 0 Å². The van der Waals surface area contributed by atoms with E-state index in [0.29, 0.717) is 0 Å². The van der Waals surface area contributed by atoms with Crippen LogP contribution in [-0.4, -0.2) is 4.57 Å². The molecule has 0 spiro atoms. The highest BCUT2D eigenvalue weighted by molar-refractivity contribution is 7.26. The van der Waals surface area contributed by atoms with Gasteiger partial charge in [-0.05, 0) is 111 Å². The van der Waals surface area contributed by atoms with E-state index in [2.05, 4.69) is 254 Å². The van der Waals surface area contributed by atoms with Crippen LogP contribution in [-0.2, 0) is 5.41 Å². The minimum absolute atomic E-state index is 0.0460. The SMILES string of the molecule is CC1(C)c2ccccc2-c2ccc(-c3ccc(N(c4ccc(-c5ccc(-c6ccccc6-n6c7ccccc7c7ccccc76)cc5)cc4)c4cccc5c4sc4ccccc45)cc3)cc21. The van der Waals surface area contributed by atoms with Crippen LogP contribution >= 0.6 is 11.3 Å². The van der Waals surface area contributed by atoms with E-state index in [1.54, 1.807) is 0 Å². The highest BCUT2D eigenvalue weighted by Crippen LogP contribution is 2.50. The zero-order valence-corrected chi connectivity index (χ0v) is 37.6. The van der Waals surface area contributed by atoms with Crippen LogP contribution in [0.15, 0.2) is 231 Å². The van der Waals surface area contributed by atoms with Crippen LogP contribution in [0.2, 0.25) is 0 Å². The maximum Gasteiger partial charge on any atom is 0.0640 e. The van der Waals surface area contributed by atoms with Gasteiger partial charge in [-0.1, -0.05) is 184 Å². The lowest BCUT2D eigenvalue weighted by Gasteiger charge is -2.26. The third kappa shape index (κ3) is 6.01. The van der Waals surface area contributed by atoms with E-state index in [0.717, 1.165) is 11.4 Å². The van der Waals surface area contributed by atoms with Gasteiger partial charge in [0, 0.05) is 48.6 Å². The Hall–Kier alpha value is -7.98. The van der Waals surface area contributed by atoms with Crippen LogP contribution in [0.4, 0.5) is 17.1 Å². The van der Waals surface area contributed by atoms with E-state index in [9.17, 15) is 0 Å². The summed E-state index contributed by atoms with van der Waals surface area (Å²) < 4.78 is 5.00. The van der Waals surface area contributed by atoms with Gasteiger partial charge in [-0.15, -0.1) is 11.3 Å². The first-order valence-corrected chi connectivity index (χ1v) is 23.6. The van der Waals surface area contributed by atoms with Crippen molar-refractivity contribution >= 4 is 70.4 Å². The largest absolute Gasteiger partial charge is 0.309 e. The van der Waals surface area contributed by atoms with Crippen molar-refractivity contribution in [3.05, 3.63) is 242 Å². The molecule has 0 saturated heterocycles. The second kappa shape index (κ2) is 15.1. The molecule has 0 N–H and O–H groups in total. The highest BCUT2D eigenvalue weighted by atomic mass is 32.1. The number of nitrogens with zero attached hydrogens (tertiary/aromatic N) is 2. The summed E-state index contributed by atoms with van der Waals surface area (Å²) in [7, 11) is 0. The molecule has 0 radical (unpaired) electrons. The lowest BCUT2D eigenvalue weighted by Crippen LogP contribution is -2.14. The molecule has 0 atom stereocenters. The number of para-hydroxylation sites is 3. The van der Waals surface area contributed by atoms with Gasteiger partial charge >= 0.3 is 0 Å². The van der Waals surface area contributed by atoms with E-state index in [-0.39, 0.29) is 5.41 Å². The fourth-order valence-corrected chi connectivity index (χ4v) is 12.0. The van der Waals surface area contributed by atoms with Crippen molar-refractivity contribution in [1.29, 1.82) is 0 Å². The third-order valence-corrected chi connectivity index (χ3v) is 15.3. The Morgan fingerprint density at radius 2 is 0.879 bits per heavy atom. The number of thiophene rings is 1. The predicted octanol–water partition coefficient (Wildman–Crippen LogP) is 17.9. The topological polar surface area (TPSA) is 8.17 Å². The standard InChI is InChI=1S/C63H44N2S/c1-63(2)55-20-8-3-15-49(55)50-39-34-45(40-56(50)63)43-32-37-47(38-33-43)64(60-24-13-19-54-53-18-7-12-25-61(53)66-62(54)60)46-35-30-42(31-36-46)41-26-28-44(29-27-41)48-14-4-9-21-57(48)65-58-22-10-5-16-51(58)52-17-6-11-23-59(52)65/h3-40H,1-2H3. The van der Waals surface area contributed by atoms with Crippen LogP contribution in [0.3, 0.4) is 0 Å². The summed E-state index contributed by atoms with van der Waals surface area (Å²) >= 11 is 1.87. The summed E-state index contributed by atoms with van der Waals surface area (Å²) in [4.78, 5) is 2.43. The summed E-state index contributed by atoms with van der Waals surface area (Å²) in [6.07, 6.45) is 0. The van der Waals surface area contributed by atoms with Crippen molar-refractivity contribution in [3.8, 4) is 50.2 Å². The number of aromatic nitrogens is 1. The molecule has 3 heteroatoms. The molecule has 2 nitrogen and oxygen atoms in total. The Morgan fingerprint density at radius 1 is 0.379 bits per heavy atom. The van der Waals surface area contributed by atoms with Crippen molar-refractivity contribution in [3.63, 3.8) is 0 Å². The molecule has 0 unspecified atom stereocenters. The van der Waals surface area contributed by atoms with Crippen molar-refractivity contribution in [2.24, 2.45) is 0 Å². The maximum absolute atomic E-state index is 2.43. The van der Waals surface area contributed by atoms with Gasteiger partial charge in [0.25, 0.3) is 0 Å². The molecule has 0 amide bonds. The van der Waals surface area contributed by atoms with Gasteiger partial charge in [-0.25, -0.2) is 0 Å². The van der Waals surface area contributed by atoms with Crippen LogP contribution in [0, 0.1) is 0 Å². The zero-order valence-electron chi connectivity index (χ0n) is 36.7. The first kappa shape index (κ1) is 38.5. The van der Waals surface area contributed by atoms with Crippen molar-refractivity contribution in [2.45, 2.75) is 19.3 Å². The number of rotatable bonds is 7. The molecule has 0 fully saturated rings. The lowest BCUT2D eigenvalue weighted by atomic mass is 9.81. The van der Waals surface area contributed by atoms with Crippen LogP contribution in [0.1, 0.15) is 25.0 Å². The van der Waals surface area contributed by atoms with Gasteiger partial charge in [0.05, 0.1) is 27.1 Å². The average molecular weight is 861 g/mol. The molecule has 0 bridgehead atoms. The Balaban J connectivity index is 0.861. The van der Waals surface area contributed by atoms with Crippen LogP contribution < -0.4 is 4.90 Å². The highest BCUT2D eigenvalue weighted by Gasteiger charge is 2.35. The Morgan fingerprint density at radius 3 is 1.58 bits per heavy atom. The second-order valence-corrected chi connectivity index (χ2v) is 19.1. The van der Waals surface area contributed by atoms with E-state index in [1.165, 1.54) is 109 Å². The first-order valence-electron chi connectivity index (χ1n) is 22.8. The number of benzene rings is 10. The van der Waals surface area contributed by atoms with E-state index in [4.69, 9.17) is 0 Å². The summed E-state index contributed by atoms with van der Waals surface area (Å²) in [5, 5.41) is 5.12. The van der Waals surface area contributed by atoms with Crippen molar-refractivity contribution in [1.82, 2.24) is 4.57 Å². The minimum Gasteiger partial charge on any atom is -0.309 e. The summed E-state index contributed by atoms with van der Waals surface area (Å²) in [6, 6.07) is 85.0. The molecule has 2 heterocycles. The number of hydrogen-bond acceptors (Lipinski definition) is 2. The Bertz CT molecular complexity index is 3780. The lowest BCUT2D eigenvalue weighted by molar-refractivity contribution is 0.660. The normalized spacial score (nSPS) is 12.8. The molecular formula is C63H44N2S. The second-order valence-electron chi connectivity index (χ2n) is 18.1. The fourth-order valence-electron chi connectivity index (χ4n) is 10.8. The van der Waals surface area contributed by atoms with E-state index >= 15 is 0 Å². The molecule has 0 aliphatic heterocycles. The molecule has 12 aromatic rings. The summed E-state index contributed by atoms with van der Waals surface area (Å²) in [6.45, 7) is 4.71. The number of anilines is 3. The van der Waals surface area contributed by atoms with E-state index < -0.39 is 0 Å². The first-order chi connectivity index (χ1) is 32.5. The van der Waals surface area contributed by atoms with Gasteiger partial charge in [0.15, 0.2) is 0 Å². The number of hydrogen-bond donors (Lipinski definition) is 0. The van der Waals surface area contributed by atoms with Gasteiger partial charge < -0.3 is 9.47 Å². The minimum atomic E-state index is -0.0460. The number of fused-ring (bicyclic) bond motifs is 9. The maximum atomic E-state index is 2.43. The Kier molecular flexibility index (Phi) is 8.78. The third-order valence-electron chi connectivity index (χ3n) is 14.0. The Labute approximate surface area is 388 Å². The van der Waals surface area contributed by atoms with Gasteiger partial charge in [0.1, 0.15) is 0 Å². The molecular weight excluding hydrogens is 817 g/mol.